The number of anilines is 2. The van der Waals surface area contributed by atoms with Crippen LogP contribution in [0.25, 0.3) is 12.2 Å². The zero-order chi connectivity index (χ0) is 15.4. The Morgan fingerprint density at radius 1 is 0.955 bits per heavy atom. The number of nitrogens with one attached hydrogen (secondary N) is 1. The minimum absolute atomic E-state index is 0.296. The van der Waals surface area contributed by atoms with Gasteiger partial charge in [0.25, 0.3) is 0 Å². The lowest BCUT2D eigenvalue weighted by atomic mass is 10.1. The van der Waals surface area contributed by atoms with Crippen LogP contribution < -0.4 is 10.4 Å². The molecule has 0 saturated heterocycles. The van der Waals surface area contributed by atoms with E-state index in [9.17, 15) is 4.79 Å². The van der Waals surface area contributed by atoms with Crippen molar-refractivity contribution in [1.82, 2.24) is 5.48 Å². The van der Waals surface area contributed by atoms with Crippen molar-refractivity contribution in [3.63, 3.8) is 0 Å². The first-order chi connectivity index (χ1) is 10.8. The molecular formula is C18H18N2O2. The van der Waals surface area contributed by atoms with Crippen LogP contribution in [0.3, 0.4) is 0 Å². The second kappa shape index (κ2) is 6.45. The molecule has 1 amide bonds. The largest absolute Gasteiger partial charge is 0.340 e. The van der Waals surface area contributed by atoms with Gasteiger partial charge in [0.2, 0.25) is 5.91 Å². The molecule has 0 radical (unpaired) electrons. The Morgan fingerprint density at radius 2 is 1.50 bits per heavy atom. The van der Waals surface area contributed by atoms with Crippen LogP contribution in [0.15, 0.2) is 48.5 Å². The summed E-state index contributed by atoms with van der Waals surface area (Å²) >= 11 is 0. The normalized spacial score (nSPS) is 12.3. The van der Waals surface area contributed by atoms with Crippen molar-refractivity contribution >= 4 is 29.4 Å². The highest BCUT2D eigenvalue weighted by molar-refractivity contribution is 5.88. The van der Waals surface area contributed by atoms with Gasteiger partial charge in [0.1, 0.15) is 0 Å². The van der Waals surface area contributed by atoms with Crippen LogP contribution in [0.5, 0.6) is 0 Å². The summed E-state index contributed by atoms with van der Waals surface area (Å²) in [5.74, 6) is -0.352. The first-order valence-corrected chi connectivity index (χ1v) is 7.36. The molecule has 0 spiro atoms. The molecule has 0 saturated carbocycles. The predicted octanol–water partition coefficient (Wildman–Crippen LogP) is 3.59. The number of rotatable bonds is 4. The molecule has 2 aromatic rings. The second-order valence-electron chi connectivity index (χ2n) is 5.24. The lowest BCUT2D eigenvalue weighted by Crippen LogP contribution is -2.23. The van der Waals surface area contributed by atoms with E-state index in [4.69, 9.17) is 5.21 Å². The number of carbonyl (C=O) groups excluding carboxylic acids is 1. The van der Waals surface area contributed by atoms with Crippen molar-refractivity contribution in [2.45, 2.75) is 12.8 Å². The van der Waals surface area contributed by atoms with Crippen LogP contribution >= 0.6 is 0 Å². The molecule has 1 heterocycles. The van der Waals surface area contributed by atoms with Gasteiger partial charge in [0.05, 0.1) is 0 Å². The molecule has 0 fully saturated rings. The molecule has 0 aliphatic carbocycles. The van der Waals surface area contributed by atoms with Gasteiger partial charge in [-0.15, -0.1) is 0 Å². The number of hydroxylamine groups is 1. The fourth-order valence-electron chi connectivity index (χ4n) is 2.75. The maximum Gasteiger partial charge on any atom is 0.243 e. The average molecular weight is 294 g/mol. The molecule has 4 nitrogen and oxygen atoms in total. The zero-order valence-electron chi connectivity index (χ0n) is 12.2. The van der Waals surface area contributed by atoms with Gasteiger partial charge in [-0.05, 0) is 29.7 Å². The van der Waals surface area contributed by atoms with E-state index in [2.05, 4.69) is 41.3 Å². The minimum Gasteiger partial charge on any atom is -0.340 e. The Labute approximate surface area is 129 Å². The van der Waals surface area contributed by atoms with E-state index in [1.54, 1.807) is 5.48 Å². The highest BCUT2D eigenvalue weighted by atomic mass is 16.5. The summed E-state index contributed by atoms with van der Waals surface area (Å²) in [6.07, 6.45) is 5.20. The van der Waals surface area contributed by atoms with Crippen molar-refractivity contribution < 1.29 is 10.0 Å². The van der Waals surface area contributed by atoms with E-state index in [1.807, 2.05) is 24.3 Å². The van der Waals surface area contributed by atoms with Crippen molar-refractivity contribution in [1.29, 1.82) is 0 Å². The van der Waals surface area contributed by atoms with Crippen molar-refractivity contribution in [2.24, 2.45) is 0 Å². The summed E-state index contributed by atoms with van der Waals surface area (Å²) in [5, 5.41) is 8.61. The minimum atomic E-state index is -0.352. The molecule has 0 unspecified atom stereocenters. The summed E-state index contributed by atoms with van der Waals surface area (Å²) in [5.41, 5.74) is 6.26. The van der Waals surface area contributed by atoms with Gasteiger partial charge in [-0.2, -0.15) is 0 Å². The van der Waals surface area contributed by atoms with E-state index in [1.165, 1.54) is 0 Å². The molecule has 2 N–H and O–H groups in total. The van der Waals surface area contributed by atoms with Gasteiger partial charge in [-0.1, -0.05) is 48.6 Å². The number of amides is 1. The molecule has 3 rings (SSSR count). The van der Waals surface area contributed by atoms with Crippen molar-refractivity contribution in [3.05, 3.63) is 59.7 Å². The monoisotopic (exact) mass is 294 g/mol. The summed E-state index contributed by atoms with van der Waals surface area (Å²) in [7, 11) is 0. The van der Waals surface area contributed by atoms with Crippen molar-refractivity contribution in [2.75, 3.05) is 11.4 Å². The van der Waals surface area contributed by atoms with Gasteiger partial charge < -0.3 is 4.90 Å². The molecule has 2 aromatic carbocycles. The zero-order valence-corrected chi connectivity index (χ0v) is 12.2. The van der Waals surface area contributed by atoms with Crippen LogP contribution in [0.1, 0.15) is 24.0 Å². The number of nitrogens with zero attached hydrogens (tertiary/aromatic N) is 1. The molecule has 0 atom stereocenters. The number of carbonyl (C=O) groups is 1. The van der Waals surface area contributed by atoms with Crippen LogP contribution in [0, 0.1) is 0 Å². The molecule has 0 aromatic heterocycles. The second-order valence-corrected chi connectivity index (χ2v) is 5.24. The Morgan fingerprint density at radius 3 is 2.05 bits per heavy atom. The van der Waals surface area contributed by atoms with Crippen LogP contribution in [0.4, 0.5) is 11.4 Å². The highest BCUT2D eigenvalue weighted by Gasteiger charge is 2.17. The van der Waals surface area contributed by atoms with Gasteiger partial charge in [0, 0.05) is 24.3 Å². The molecule has 1 aliphatic rings. The number of hydrogen-bond donors (Lipinski definition) is 2. The number of hydrogen-bond acceptors (Lipinski definition) is 3. The quantitative estimate of drug-likeness (QED) is 0.669. The summed E-state index contributed by atoms with van der Waals surface area (Å²) < 4.78 is 0. The van der Waals surface area contributed by atoms with Gasteiger partial charge in [-0.3, -0.25) is 10.0 Å². The lowest BCUT2D eigenvalue weighted by molar-refractivity contribution is -0.129. The Kier molecular flexibility index (Phi) is 4.21. The first kappa shape index (κ1) is 14.4. The molecule has 1 aliphatic heterocycles. The predicted molar refractivity (Wildman–Crippen MR) is 88.0 cm³/mol. The van der Waals surface area contributed by atoms with Crippen molar-refractivity contribution in [3.8, 4) is 0 Å². The SMILES string of the molecule is O=C(CCCN1c2ccccc2C=Cc2ccccc21)NO. The topological polar surface area (TPSA) is 52.6 Å². The van der Waals surface area contributed by atoms with E-state index in [-0.39, 0.29) is 5.91 Å². The Balaban J connectivity index is 1.93. The maximum absolute atomic E-state index is 11.2. The summed E-state index contributed by atoms with van der Waals surface area (Å²) in [6.45, 7) is 0.711. The third kappa shape index (κ3) is 2.87. The molecule has 0 bridgehead atoms. The summed E-state index contributed by atoms with van der Waals surface area (Å²) in [6, 6.07) is 16.5. The lowest BCUT2D eigenvalue weighted by Gasteiger charge is -2.26. The van der Waals surface area contributed by atoms with Gasteiger partial charge >= 0.3 is 0 Å². The third-order valence-electron chi connectivity index (χ3n) is 3.81. The smallest absolute Gasteiger partial charge is 0.243 e. The standard InChI is InChI=1S/C18H18N2O2/c21-18(19-22)10-5-13-20-16-8-3-1-6-14(16)11-12-15-7-2-4-9-17(15)20/h1-4,6-9,11-12,22H,5,10,13H2,(H,19,21). The molecule has 112 valence electrons. The van der Waals surface area contributed by atoms with E-state index >= 15 is 0 Å². The van der Waals surface area contributed by atoms with Crippen LogP contribution in [-0.4, -0.2) is 17.7 Å². The fourth-order valence-corrected chi connectivity index (χ4v) is 2.75. The van der Waals surface area contributed by atoms with E-state index in [0.717, 1.165) is 22.5 Å². The molecular weight excluding hydrogens is 276 g/mol. The van der Waals surface area contributed by atoms with Crippen LogP contribution in [0.2, 0.25) is 0 Å². The molecule has 4 heteroatoms. The number of fused-ring (bicyclic) bond motifs is 2. The average Bonchev–Trinajstić information content (AvgIpc) is 2.72. The third-order valence-corrected chi connectivity index (χ3v) is 3.81. The molecule has 22 heavy (non-hydrogen) atoms. The number of para-hydroxylation sites is 2. The Bertz CT molecular complexity index is 660. The van der Waals surface area contributed by atoms with Crippen LogP contribution in [-0.2, 0) is 4.79 Å². The van der Waals surface area contributed by atoms with E-state index < -0.39 is 0 Å². The van der Waals surface area contributed by atoms with E-state index in [0.29, 0.717) is 19.4 Å². The number of benzene rings is 2. The Hall–Kier alpha value is -2.59. The fraction of sp³-hybridized carbons (Fsp3) is 0.167. The first-order valence-electron chi connectivity index (χ1n) is 7.36. The summed E-state index contributed by atoms with van der Waals surface area (Å²) in [4.78, 5) is 13.5. The maximum atomic E-state index is 11.2. The highest BCUT2D eigenvalue weighted by Crippen LogP contribution is 2.36. The van der Waals surface area contributed by atoms with Gasteiger partial charge in [-0.25, -0.2) is 5.48 Å². The van der Waals surface area contributed by atoms with Gasteiger partial charge in [0.15, 0.2) is 0 Å².